The fourth-order valence-corrected chi connectivity index (χ4v) is 3.44. The summed E-state index contributed by atoms with van der Waals surface area (Å²) < 4.78 is 8.40. The van der Waals surface area contributed by atoms with Crippen molar-refractivity contribution in [2.45, 2.75) is 13.5 Å². The molecule has 3 aromatic rings. The standard InChI is InChI=1S/C19H22N4O3.Na/c1-14-18-16(20-23(19(18)25)15-5-3-2-4-6-15)13-17(24)22(14)8-7-21-9-11-26-12-10-21;/h2-6,13H,7-12H2,1H3,(H,20,24);/q;+1/p-1. The Morgan fingerprint density at radius 2 is 1.78 bits per heavy atom. The molecule has 0 bridgehead atoms. The van der Waals surface area contributed by atoms with E-state index in [2.05, 4.69) is 10.00 Å². The first-order chi connectivity index (χ1) is 12.6. The van der Waals surface area contributed by atoms with Gasteiger partial charge in [0.15, 0.2) is 0 Å². The van der Waals surface area contributed by atoms with Crippen molar-refractivity contribution in [3.05, 3.63) is 62.8 Å². The maximum absolute atomic E-state index is 12.9. The molecule has 1 aromatic carbocycles. The monoisotopic (exact) mass is 376 g/mol. The molecule has 0 spiro atoms. The Morgan fingerprint density at radius 3 is 2.48 bits per heavy atom. The molecule has 0 unspecified atom stereocenters. The number of hydrogen-bond donors (Lipinski definition) is 0. The predicted octanol–water partition coefficient (Wildman–Crippen LogP) is -2.25. The van der Waals surface area contributed by atoms with Crippen molar-refractivity contribution in [1.29, 1.82) is 0 Å². The van der Waals surface area contributed by atoms with Crippen LogP contribution < -0.4 is 45.8 Å². The van der Waals surface area contributed by atoms with E-state index in [-0.39, 0.29) is 40.7 Å². The molecule has 0 N–H and O–H groups in total. The number of pyridine rings is 1. The van der Waals surface area contributed by atoms with Gasteiger partial charge in [-0.3, -0.25) is 14.5 Å². The Bertz CT molecular complexity index is 1030. The maximum Gasteiger partial charge on any atom is 1.00 e. The summed E-state index contributed by atoms with van der Waals surface area (Å²) in [6, 6.07) is 10.7. The summed E-state index contributed by atoms with van der Waals surface area (Å²) in [4.78, 5) is 27.7. The second kappa shape index (κ2) is 8.58. The number of rotatable bonds is 4. The minimum atomic E-state index is -0.191. The molecule has 0 radical (unpaired) electrons. The van der Waals surface area contributed by atoms with Crippen molar-refractivity contribution in [1.82, 2.24) is 19.2 Å². The first-order valence-corrected chi connectivity index (χ1v) is 8.81. The average Bonchev–Trinajstić information content (AvgIpc) is 2.99. The Morgan fingerprint density at radius 1 is 1.07 bits per heavy atom. The van der Waals surface area contributed by atoms with Gasteiger partial charge in [-0.05, 0) is 25.1 Å². The van der Waals surface area contributed by atoms with Crippen LogP contribution in [0.3, 0.4) is 0 Å². The van der Waals surface area contributed by atoms with Crippen LogP contribution in [0.15, 0.2) is 46.0 Å². The average molecular weight is 376 g/mol. The van der Waals surface area contributed by atoms with Gasteiger partial charge < -0.3 is 19.1 Å². The Kier molecular flexibility index (Phi) is 6.39. The third-order valence-electron chi connectivity index (χ3n) is 4.91. The molecule has 1 aliphatic heterocycles. The quantitative estimate of drug-likeness (QED) is 0.482. The molecule has 136 valence electrons. The van der Waals surface area contributed by atoms with Crippen molar-refractivity contribution in [2.75, 3.05) is 32.8 Å². The molecule has 7 nitrogen and oxygen atoms in total. The van der Waals surface area contributed by atoms with Crippen LogP contribution in [0.5, 0.6) is 0 Å². The van der Waals surface area contributed by atoms with E-state index in [0.717, 1.165) is 32.8 Å². The van der Waals surface area contributed by atoms with Gasteiger partial charge in [0.1, 0.15) is 0 Å². The van der Waals surface area contributed by atoms with Gasteiger partial charge in [0.2, 0.25) is 11.1 Å². The molecule has 0 amide bonds. The van der Waals surface area contributed by atoms with Gasteiger partial charge in [-0.1, -0.05) is 18.2 Å². The van der Waals surface area contributed by atoms with Crippen LogP contribution in [0, 0.1) is 6.92 Å². The van der Waals surface area contributed by atoms with Gasteiger partial charge in [0.05, 0.1) is 13.2 Å². The van der Waals surface area contributed by atoms with E-state index in [1.165, 1.54) is 10.7 Å². The number of nitrogens with zero attached hydrogens (tertiary/aromatic N) is 4. The van der Waals surface area contributed by atoms with Gasteiger partial charge in [-0.15, -0.1) is 5.52 Å². The summed E-state index contributed by atoms with van der Waals surface area (Å²) in [5.74, 6) is 0. The third kappa shape index (κ3) is 3.97. The number of morpholine rings is 1. The smallest absolute Gasteiger partial charge is 0.587 e. The van der Waals surface area contributed by atoms with Crippen molar-refractivity contribution in [2.24, 2.45) is 0 Å². The van der Waals surface area contributed by atoms with Gasteiger partial charge in [0.25, 0.3) is 0 Å². The van der Waals surface area contributed by atoms with Crippen molar-refractivity contribution in [3.8, 4) is 5.69 Å². The molecule has 1 fully saturated rings. The molecule has 0 saturated carbocycles. The van der Waals surface area contributed by atoms with Crippen molar-refractivity contribution in [3.63, 3.8) is 0 Å². The largest absolute Gasteiger partial charge is 1.00 e. The van der Waals surface area contributed by atoms with Crippen LogP contribution in [0.2, 0.25) is 0 Å². The van der Waals surface area contributed by atoms with E-state index in [0.29, 0.717) is 28.8 Å². The zero-order valence-electron chi connectivity index (χ0n) is 15.7. The van der Waals surface area contributed by atoms with Crippen LogP contribution in [0.25, 0.3) is 16.6 Å². The van der Waals surface area contributed by atoms with Crippen LogP contribution >= 0.6 is 0 Å². The molecule has 27 heavy (non-hydrogen) atoms. The van der Waals surface area contributed by atoms with Gasteiger partial charge in [0, 0.05) is 42.9 Å². The summed E-state index contributed by atoms with van der Waals surface area (Å²) in [6.45, 7) is 6.32. The van der Waals surface area contributed by atoms with E-state index < -0.39 is 0 Å². The van der Waals surface area contributed by atoms with Crippen LogP contribution in [-0.4, -0.2) is 47.0 Å². The number of aromatic nitrogens is 3. The SMILES string of the molecule is Cc1c2c(=O)n(-c3ccccc3)[n-]c2cc(=O)n1CCN1CCOCC1.[Na+]. The van der Waals surface area contributed by atoms with E-state index in [9.17, 15) is 9.59 Å². The summed E-state index contributed by atoms with van der Waals surface area (Å²) >= 11 is 0. The summed E-state index contributed by atoms with van der Waals surface area (Å²) in [5, 5.41) is 4.87. The number of ether oxygens (including phenoxy) is 1. The molecule has 3 heterocycles. The molecular formula is C19H21N4NaO3. The van der Waals surface area contributed by atoms with E-state index in [1.54, 1.807) is 4.57 Å². The molecule has 0 aliphatic carbocycles. The number of aryl methyl sites for hydroxylation is 1. The second-order valence-corrected chi connectivity index (χ2v) is 6.49. The van der Waals surface area contributed by atoms with Crippen LogP contribution in [0.1, 0.15) is 5.69 Å². The zero-order chi connectivity index (χ0) is 18.1. The number of fused-ring (bicyclic) bond motifs is 1. The fraction of sp³-hybridized carbons (Fsp3) is 0.368. The van der Waals surface area contributed by atoms with E-state index >= 15 is 0 Å². The molecule has 1 saturated heterocycles. The Labute approximate surface area is 178 Å². The normalized spacial score (nSPS) is 15.0. The topological polar surface area (TPSA) is 70.6 Å². The van der Waals surface area contributed by atoms with Crippen LogP contribution in [0.4, 0.5) is 0 Å². The van der Waals surface area contributed by atoms with E-state index in [4.69, 9.17) is 4.74 Å². The molecule has 2 aromatic heterocycles. The maximum atomic E-state index is 12.9. The first kappa shape index (κ1) is 20.1. The van der Waals surface area contributed by atoms with E-state index in [1.807, 2.05) is 37.3 Å². The number of hydrogen-bond acceptors (Lipinski definition) is 4. The molecule has 1 aliphatic rings. The fourth-order valence-electron chi connectivity index (χ4n) is 3.44. The second-order valence-electron chi connectivity index (χ2n) is 6.49. The zero-order valence-corrected chi connectivity index (χ0v) is 17.7. The summed E-state index contributed by atoms with van der Waals surface area (Å²) in [7, 11) is 0. The minimum absolute atomic E-state index is 0. The predicted molar refractivity (Wildman–Crippen MR) is 99.1 cm³/mol. The molecular weight excluding hydrogens is 355 g/mol. The molecule has 8 heteroatoms. The van der Waals surface area contributed by atoms with Gasteiger partial charge in [-0.25, -0.2) is 0 Å². The first-order valence-electron chi connectivity index (χ1n) is 8.81. The van der Waals surface area contributed by atoms with Gasteiger partial charge in [-0.2, -0.15) is 0 Å². The van der Waals surface area contributed by atoms with Gasteiger partial charge >= 0.3 is 29.6 Å². The number of benzene rings is 1. The summed E-state index contributed by atoms with van der Waals surface area (Å²) in [6.07, 6.45) is 0. The Hall–Kier alpha value is -1.64. The third-order valence-corrected chi connectivity index (χ3v) is 4.91. The molecule has 0 atom stereocenters. The van der Waals surface area contributed by atoms with Crippen molar-refractivity contribution < 1.29 is 34.3 Å². The van der Waals surface area contributed by atoms with Crippen molar-refractivity contribution >= 4 is 10.9 Å². The summed E-state index contributed by atoms with van der Waals surface area (Å²) in [5.41, 5.74) is 1.50. The molecule has 4 rings (SSSR count). The van der Waals surface area contributed by atoms with Crippen LogP contribution in [-0.2, 0) is 11.3 Å². The Balaban J connectivity index is 0.00000210. The minimum Gasteiger partial charge on any atom is -0.587 e. The number of para-hydroxylation sites is 1.